The molecule has 4 heterocycles. The van der Waals surface area contributed by atoms with Gasteiger partial charge in [-0.05, 0) is 18.3 Å². The number of alkyl halides is 5. The molecule has 4 rings (SSSR count). The van der Waals surface area contributed by atoms with Crippen molar-refractivity contribution in [2.45, 2.75) is 42.2 Å². The number of carbonyl (C=O) groups excluding carboxylic acids is 2. The van der Waals surface area contributed by atoms with Crippen molar-refractivity contribution in [3.8, 4) is 20.0 Å². The Morgan fingerprint density at radius 2 is 1.33 bits per heavy atom. The van der Waals surface area contributed by atoms with E-state index in [0.717, 1.165) is 36.2 Å². The number of aromatic nitrogens is 4. The molecule has 45 heavy (non-hydrogen) atoms. The second kappa shape index (κ2) is 21.3. The Bertz CT molecular complexity index is 1460. The molecule has 0 spiro atoms. The van der Waals surface area contributed by atoms with Crippen molar-refractivity contribution in [2.24, 2.45) is 16.1 Å². The maximum absolute atomic E-state index is 11.8. The Labute approximate surface area is 313 Å². The summed E-state index contributed by atoms with van der Waals surface area (Å²) in [4.78, 5) is 42.7. The first kappa shape index (κ1) is 42.3. The molecule has 4 aromatic heterocycles. The molecule has 0 amide bonds. The topological polar surface area (TPSA) is 117 Å². The standard InChI is InChI=1S/C12H13BrN2O2S2.C12H14N2O2S2.CCl4.BHNS/c1-6(2)7(13)9-8(12(16)17-3)15-11(19-9)10-14-4-5-18-10;1-7(2)6-8-9(12(15)16-3)14-11(18-8)10-13-4-5-17-10;2-1(3,4)5;1-2-3/h4-7H,1-3H3;4-5,7H,6H2,1-3H3;;3H. The molecule has 1 atom stereocenters. The first-order chi connectivity index (χ1) is 21.1. The second-order valence-corrected chi connectivity index (χ2v) is 17.5. The zero-order valence-corrected chi connectivity index (χ0v) is 33.4. The average molecular weight is 855 g/mol. The summed E-state index contributed by atoms with van der Waals surface area (Å²) in [5.41, 5.74) is 0.815. The second-order valence-electron chi connectivity index (χ2n) is 8.97. The van der Waals surface area contributed by atoms with Crippen LogP contribution in [0, 0.1) is 11.8 Å². The van der Waals surface area contributed by atoms with Gasteiger partial charge in [-0.1, -0.05) is 90.0 Å². The van der Waals surface area contributed by atoms with Crippen LogP contribution >= 0.6 is 120 Å². The Morgan fingerprint density at radius 3 is 1.71 bits per heavy atom. The van der Waals surface area contributed by atoms with Crippen LogP contribution in [0.1, 0.15) is 63.3 Å². The molecule has 9 nitrogen and oxygen atoms in total. The van der Waals surface area contributed by atoms with Crippen molar-refractivity contribution in [3.05, 3.63) is 44.3 Å². The summed E-state index contributed by atoms with van der Waals surface area (Å²) < 4.78 is 10.7. The van der Waals surface area contributed by atoms with Crippen LogP contribution in [0.15, 0.2) is 27.5 Å². The van der Waals surface area contributed by atoms with E-state index in [0.29, 0.717) is 23.2 Å². The van der Waals surface area contributed by atoms with E-state index in [-0.39, 0.29) is 10.8 Å². The van der Waals surface area contributed by atoms with Crippen molar-refractivity contribution in [1.29, 1.82) is 0 Å². The number of esters is 2. The molecule has 0 aromatic carbocycles. The molecule has 0 aliphatic rings. The van der Waals surface area contributed by atoms with Gasteiger partial charge in [-0.15, -0.1) is 45.3 Å². The quantitative estimate of drug-likeness (QED) is 0.0806. The normalized spacial score (nSPS) is 11.3. The van der Waals surface area contributed by atoms with Crippen LogP contribution in [-0.2, 0) is 15.9 Å². The molecule has 0 saturated heterocycles. The van der Waals surface area contributed by atoms with Gasteiger partial charge in [-0.25, -0.2) is 29.5 Å². The Hall–Kier alpha value is -0.685. The number of thiol groups is 1. The molecular formula is C25H28BBrCl4N5O4S5. The third kappa shape index (κ3) is 15.4. The molecule has 245 valence electrons. The number of carbonyl (C=O) groups is 2. The van der Waals surface area contributed by atoms with Gasteiger partial charge in [0.05, 0.1) is 23.9 Å². The van der Waals surface area contributed by atoms with Gasteiger partial charge in [0.1, 0.15) is 0 Å². The molecule has 0 saturated carbocycles. The fraction of sp³-hybridized carbons (Fsp3) is 0.440. The van der Waals surface area contributed by atoms with Crippen molar-refractivity contribution in [2.75, 3.05) is 14.2 Å². The third-order valence-electron chi connectivity index (χ3n) is 4.77. The summed E-state index contributed by atoms with van der Waals surface area (Å²) in [6.45, 7) is 8.40. The number of hydrogen-bond donors (Lipinski definition) is 1. The summed E-state index contributed by atoms with van der Waals surface area (Å²) >= 11 is 32.2. The summed E-state index contributed by atoms with van der Waals surface area (Å²) in [5, 5.41) is 7.01. The molecule has 0 N–H and O–H groups in total. The number of ether oxygens (including phenoxy) is 2. The zero-order chi connectivity index (χ0) is 34.3. The molecule has 4 aromatic rings. The Balaban J connectivity index is 0.000000365. The predicted octanol–water partition coefficient (Wildman–Crippen LogP) is 10.1. The summed E-state index contributed by atoms with van der Waals surface area (Å²) in [5.74, 6) is 0.0508. The number of nitrogens with zero attached hydrogens (tertiary/aromatic N) is 5. The predicted molar refractivity (Wildman–Crippen MR) is 197 cm³/mol. The maximum atomic E-state index is 11.8. The van der Waals surface area contributed by atoms with Crippen LogP contribution in [0.2, 0.25) is 0 Å². The van der Waals surface area contributed by atoms with Gasteiger partial charge in [0.2, 0.25) is 0 Å². The van der Waals surface area contributed by atoms with E-state index in [1.54, 1.807) is 12.4 Å². The number of rotatable bonds is 8. The summed E-state index contributed by atoms with van der Waals surface area (Å²) in [6, 6.07) is 0. The van der Waals surface area contributed by atoms with Gasteiger partial charge >= 0.3 is 36.7 Å². The van der Waals surface area contributed by atoms with E-state index < -0.39 is 9.22 Å². The van der Waals surface area contributed by atoms with Gasteiger partial charge in [-0.2, -0.15) is 0 Å². The third-order valence-corrected chi connectivity index (χ3v) is 10.6. The monoisotopic (exact) mass is 852 g/mol. The number of hydrogen-bond acceptors (Lipinski definition) is 14. The molecule has 20 heteroatoms. The van der Waals surface area contributed by atoms with Crippen LogP contribution < -0.4 is 0 Å². The van der Waals surface area contributed by atoms with Gasteiger partial charge in [0, 0.05) is 28.0 Å². The van der Waals surface area contributed by atoms with Crippen molar-refractivity contribution >= 4 is 140 Å². The molecule has 0 aliphatic heterocycles. The van der Waals surface area contributed by atoms with Crippen molar-refractivity contribution in [1.82, 2.24) is 19.9 Å². The fourth-order valence-corrected chi connectivity index (χ4v) is 7.34. The van der Waals surface area contributed by atoms with Gasteiger partial charge < -0.3 is 9.47 Å². The number of halogens is 5. The van der Waals surface area contributed by atoms with E-state index in [1.807, 2.05) is 10.8 Å². The summed E-state index contributed by atoms with van der Waals surface area (Å²) in [7, 11) is 7.08. The van der Waals surface area contributed by atoms with Crippen LogP contribution in [0.5, 0.6) is 0 Å². The molecule has 0 aliphatic carbocycles. The van der Waals surface area contributed by atoms with Crippen LogP contribution in [0.25, 0.3) is 20.0 Å². The number of methoxy groups -OCH3 is 2. The van der Waals surface area contributed by atoms with Gasteiger partial charge in [0.25, 0.3) is 3.25 Å². The van der Waals surface area contributed by atoms with E-state index >= 15 is 0 Å². The fourth-order valence-electron chi connectivity index (χ4n) is 3.02. The zero-order valence-electron chi connectivity index (χ0n) is 24.7. The van der Waals surface area contributed by atoms with Crippen molar-refractivity contribution in [3.63, 3.8) is 0 Å². The first-order valence-electron chi connectivity index (χ1n) is 12.5. The molecule has 1 unspecified atom stereocenters. The van der Waals surface area contributed by atoms with Crippen LogP contribution in [0.3, 0.4) is 0 Å². The number of thiazole rings is 4. The Kier molecular flexibility index (Phi) is 20.1. The van der Waals surface area contributed by atoms with Gasteiger partial charge in [0.15, 0.2) is 31.4 Å². The minimum absolute atomic E-state index is 0.0767. The van der Waals surface area contributed by atoms with Crippen molar-refractivity contribution < 1.29 is 19.1 Å². The molecule has 1 radical (unpaired) electrons. The summed E-state index contributed by atoms with van der Waals surface area (Å²) in [6.07, 6.45) is 4.29. The van der Waals surface area contributed by atoms with Crippen LogP contribution in [-0.4, -0.2) is 57.0 Å². The average Bonchev–Trinajstić information content (AvgIpc) is 3.77. The molecular weight excluding hydrogens is 827 g/mol. The first-order valence-corrected chi connectivity index (χ1v) is 18.7. The van der Waals surface area contributed by atoms with Gasteiger partial charge in [-0.3, -0.25) is 0 Å². The Morgan fingerprint density at radius 1 is 0.911 bits per heavy atom. The van der Waals surface area contributed by atoms with E-state index in [4.69, 9.17) is 55.9 Å². The SMILES string of the molecule is COC(=O)c1nc(-c2nccs2)sc1C(Br)C(C)C.COC(=O)c1nc(-c2nccs2)sc1CC(C)C.ClC(Cl)(Cl)Cl.[B]=NS. The molecule has 0 bridgehead atoms. The van der Waals surface area contributed by atoms with E-state index in [9.17, 15) is 9.59 Å². The van der Waals surface area contributed by atoms with Crippen LogP contribution in [0.4, 0.5) is 0 Å². The van der Waals surface area contributed by atoms with E-state index in [2.05, 4.69) is 88.3 Å². The molecule has 0 fully saturated rings. The minimum atomic E-state index is -1.61. The van der Waals surface area contributed by atoms with E-state index in [1.165, 1.54) is 59.6 Å².